The van der Waals surface area contributed by atoms with Gasteiger partial charge in [-0.1, -0.05) is 54.4 Å². The van der Waals surface area contributed by atoms with Crippen LogP contribution in [0.2, 0.25) is 0 Å². The number of rotatable bonds is 7. The van der Waals surface area contributed by atoms with Crippen LogP contribution in [0, 0.1) is 58.2 Å². The van der Waals surface area contributed by atoms with Gasteiger partial charge in [-0.05, 0) is 111 Å². The summed E-state index contributed by atoms with van der Waals surface area (Å²) < 4.78 is 0. The largest absolute Gasteiger partial charge is 0.363 e. The molecule has 4 aliphatic carbocycles. The van der Waals surface area contributed by atoms with Crippen molar-refractivity contribution in [2.45, 2.75) is 124 Å². The molecule has 0 bridgehead atoms. The van der Waals surface area contributed by atoms with E-state index in [0.717, 1.165) is 36.0 Å². The number of hydrogen-bond acceptors (Lipinski definition) is 3. The highest BCUT2D eigenvalue weighted by Gasteiger charge is 2.66. The van der Waals surface area contributed by atoms with Gasteiger partial charge in [-0.25, -0.2) is 10.1 Å². The first-order chi connectivity index (χ1) is 15.1. The van der Waals surface area contributed by atoms with Gasteiger partial charge < -0.3 is 5.11 Å². The van der Waals surface area contributed by atoms with E-state index in [-0.39, 0.29) is 5.41 Å². The first kappa shape index (κ1) is 25.0. The second kappa shape index (κ2) is 9.15. The molecule has 4 fully saturated rings. The standard InChI is InChI=1S/C29H52O3/c1-7-21(19(2)3)11-10-20(4)24-14-15-25-23-13-12-22-9-8-17-29(30,32-31)28(22,6)26(23)16-18-27(24,25)5/h19-26,30-31H,7-18H2,1-6H3/t20-,21-,22?,23+,24-,25+,26+,27-,28+,29?/m1/s1. The molecule has 186 valence electrons. The van der Waals surface area contributed by atoms with Gasteiger partial charge in [-0.15, -0.1) is 0 Å². The molecule has 3 heteroatoms. The van der Waals surface area contributed by atoms with Crippen LogP contribution >= 0.6 is 0 Å². The van der Waals surface area contributed by atoms with Crippen LogP contribution in [0.5, 0.6) is 0 Å². The molecule has 0 aliphatic heterocycles. The Hall–Kier alpha value is -0.120. The Morgan fingerprint density at radius 2 is 1.66 bits per heavy atom. The first-order valence-electron chi connectivity index (χ1n) is 14.2. The summed E-state index contributed by atoms with van der Waals surface area (Å²) in [6.45, 7) is 14.6. The van der Waals surface area contributed by atoms with Gasteiger partial charge in [0.25, 0.3) is 0 Å². The van der Waals surface area contributed by atoms with Gasteiger partial charge in [-0.2, -0.15) is 0 Å². The molecule has 0 aromatic carbocycles. The second-order valence-electron chi connectivity index (χ2n) is 13.4. The van der Waals surface area contributed by atoms with Crippen LogP contribution in [0.4, 0.5) is 0 Å². The van der Waals surface area contributed by atoms with E-state index in [2.05, 4.69) is 41.5 Å². The highest BCUT2D eigenvalue weighted by atomic mass is 17.1. The summed E-state index contributed by atoms with van der Waals surface area (Å²) in [7, 11) is 0. The maximum atomic E-state index is 11.4. The molecule has 0 aromatic heterocycles. The summed E-state index contributed by atoms with van der Waals surface area (Å²) in [6.07, 6.45) is 14.6. The Morgan fingerprint density at radius 3 is 2.31 bits per heavy atom. The van der Waals surface area contributed by atoms with Gasteiger partial charge in [0.1, 0.15) is 0 Å². The van der Waals surface area contributed by atoms with Gasteiger partial charge >= 0.3 is 0 Å². The third-order valence-corrected chi connectivity index (χ3v) is 12.2. The fraction of sp³-hybridized carbons (Fsp3) is 1.00. The van der Waals surface area contributed by atoms with E-state index >= 15 is 0 Å². The maximum absolute atomic E-state index is 11.4. The van der Waals surface area contributed by atoms with Crippen molar-refractivity contribution < 1.29 is 15.3 Å². The molecule has 0 aromatic rings. The van der Waals surface area contributed by atoms with Crippen LogP contribution in [0.3, 0.4) is 0 Å². The molecule has 4 rings (SSSR count). The Labute approximate surface area is 198 Å². The van der Waals surface area contributed by atoms with Crippen LogP contribution in [0.25, 0.3) is 0 Å². The van der Waals surface area contributed by atoms with Crippen molar-refractivity contribution in [3.05, 3.63) is 0 Å². The zero-order valence-electron chi connectivity index (χ0n) is 21.9. The summed E-state index contributed by atoms with van der Waals surface area (Å²) in [5, 5.41) is 21.2. The summed E-state index contributed by atoms with van der Waals surface area (Å²) in [6, 6.07) is 0. The minimum Gasteiger partial charge on any atom is -0.363 e. The van der Waals surface area contributed by atoms with E-state index < -0.39 is 5.79 Å². The Morgan fingerprint density at radius 1 is 0.906 bits per heavy atom. The zero-order valence-corrected chi connectivity index (χ0v) is 21.9. The van der Waals surface area contributed by atoms with Crippen LogP contribution in [0.1, 0.15) is 119 Å². The molecule has 0 spiro atoms. The molecule has 0 saturated heterocycles. The zero-order chi connectivity index (χ0) is 23.3. The van der Waals surface area contributed by atoms with E-state index in [1.165, 1.54) is 64.2 Å². The lowest BCUT2D eigenvalue weighted by Crippen LogP contribution is -2.64. The van der Waals surface area contributed by atoms with Crippen LogP contribution in [0.15, 0.2) is 0 Å². The monoisotopic (exact) mass is 448 g/mol. The normalized spacial score (nSPS) is 48.1. The van der Waals surface area contributed by atoms with Crippen molar-refractivity contribution in [2.75, 3.05) is 0 Å². The van der Waals surface area contributed by atoms with Crippen molar-refractivity contribution in [3.63, 3.8) is 0 Å². The Balaban J connectivity index is 1.51. The molecule has 10 atom stereocenters. The van der Waals surface area contributed by atoms with Crippen LogP contribution < -0.4 is 0 Å². The predicted molar refractivity (Wildman–Crippen MR) is 131 cm³/mol. The molecule has 4 saturated carbocycles. The number of fused-ring (bicyclic) bond motifs is 5. The topological polar surface area (TPSA) is 49.7 Å². The van der Waals surface area contributed by atoms with Crippen molar-refractivity contribution in [2.24, 2.45) is 58.2 Å². The smallest absolute Gasteiger partial charge is 0.204 e. The van der Waals surface area contributed by atoms with E-state index in [0.29, 0.717) is 29.6 Å². The quantitative estimate of drug-likeness (QED) is 0.236. The average Bonchev–Trinajstić information content (AvgIpc) is 3.12. The molecule has 0 heterocycles. The molecule has 4 aliphatic rings. The Kier molecular flexibility index (Phi) is 7.15. The average molecular weight is 449 g/mol. The molecular formula is C29H52O3. The number of hydrogen-bond donors (Lipinski definition) is 2. The summed E-state index contributed by atoms with van der Waals surface area (Å²) in [4.78, 5) is 4.94. The van der Waals surface area contributed by atoms with Crippen molar-refractivity contribution >= 4 is 0 Å². The molecule has 32 heavy (non-hydrogen) atoms. The molecular weight excluding hydrogens is 396 g/mol. The summed E-state index contributed by atoms with van der Waals surface area (Å²) >= 11 is 0. The van der Waals surface area contributed by atoms with E-state index in [4.69, 9.17) is 4.89 Å². The first-order valence-corrected chi connectivity index (χ1v) is 14.2. The Bertz CT molecular complexity index is 648. The summed E-state index contributed by atoms with van der Waals surface area (Å²) in [5.41, 5.74) is 0.149. The van der Waals surface area contributed by atoms with Gasteiger partial charge in [-0.3, -0.25) is 0 Å². The van der Waals surface area contributed by atoms with E-state index in [1.807, 2.05) is 0 Å². The molecule has 2 unspecified atom stereocenters. The highest BCUT2D eigenvalue weighted by molar-refractivity contribution is 5.12. The van der Waals surface area contributed by atoms with Crippen molar-refractivity contribution in [1.82, 2.24) is 0 Å². The fourth-order valence-electron chi connectivity index (χ4n) is 10.1. The van der Waals surface area contributed by atoms with Crippen LogP contribution in [-0.4, -0.2) is 16.2 Å². The lowest BCUT2D eigenvalue weighted by molar-refractivity contribution is -0.452. The third kappa shape index (κ3) is 3.72. The number of aliphatic hydroxyl groups is 1. The van der Waals surface area contributed by atoms with E-state index in [1.54, 1.807) is 0 Å². The van der Waals surface area contributed by atoms with E-state index in [9.17, 15) is 10.4 Å². The summed E-state index contributed by atoms with van der Waals surface area (Å²) in [5.74, 6) is 4.41. The lowest BCUT2D eigenvalue weighted by atomic mass is 9.43. The lowest BCUT2D eigenvalue weighted by Gasteiger charge is -2.64. The minimum atomic E-state index is -1.36. The van der Waals surface area contributed by atoms with Crippen LogP contribution in [-0.2, 0) is 4.89 Å². The molecule has 2 N–H and O–H groups in total. The van der Waals surface area contributed by atoms with Gasteiger partial charge in [0.05, 0.1) is 0 Å². The predicted octanol–water partition coefficient (Wildman–Crippen LogP) is 7.92. The minimum absolute atomic E-state index is 0.306. The van der Waals surface area contributed by atoms with Gasteiger partial charge in [0.15, 0.2) is 0 Å². The third-order valence-electron chi connectivity index (χ3n) is 12.2. The van der Waals surface area contributed by atoms with Gasteiger partial charge in [0.2, 0.25) is 5.79 Å². The fourth-order valence-corrected chi connectivity index (χ4v) is 10.1. The maximum Gasteiger partial charge on any atom is 0.204 e. The SMILES string of the molecule is CC[C@H](CC[C@@H](C)[C@H]1CC[C@H]2[C@@H]3CCC4CCCC(O)(OO)[C@]4(C)[C@H]3CC[C@]12C)C(C)C. The van der Waals surface area contributed by atoms with Crippen molar-refractivity contribution in [1.29, 1.82) is 0 Å². The van der Waals surface area contributed by atoms with Crippen molar-refractivity contribution in [3.8, 4) is 0 Å². The second-order valence-corrected chi connectivity index (χ2v) is 13.4. The molecule has 0 radical (unpaired) electrons. The van der Waals surface area contributed by atoms with Gasteiger partial charge in [0, 0.05) is 11.8 Å². The molecule has 3 nitrogen and oxygen atoms in total. The highest BCUT2D eigenvalue weighted by Crippen LogP contribution is 2.70. The molecule has 0 amide bonds.